The van der Waals surface area contributed by atoms with E-state index in [0.717, 1.165) is 29.5 Å². The summed E-state index contributed by atoms with van der Waals surface area (Å²) >= 11 is 1.06. The molecule has 9 heteroatoms. The third-order valence-corrected chi connectivity index (χ3v) is 4.74. The van der Waals surface area contributed by atoms with Gasteiger partial charge in [-0.05, 0) is 24.3 Å². The second kappa shape index (κ2) is 8.75. The van der Waals surface area contributed by atoms with Gasteiger partial charge < -0.3 is 5.32 Å². The highest BCUT2D eigenvalue weighted by molar-refractivity contribution is 8.00. The molecular weight excluding hydrogens is 401 g/mol. The molecule has 146 valence electrons. The minimum absolute atomic E-state index is 0.00935. The lowest BCUT2D eigenvalue weighted by Crippen LogP contribution is -2.16. The van der Waals surface area contributed by atoms with E-state index >= 15 is 0 Å². The Bertz CT molecular complexity index is 1050. The van der Waals surface area contributed by atoms with E-state index in [4.69, 9.17) is 0 Å². The van der Waals surface area contributed by atoms with Gasteiger partial charge in [-0.1, -0.05) is 42.1 Å². The predicted octanol–water partition coefficient (Wildman–Crippen LogP) is 4.76. The zero-order valence-electron chi connectivity index (χ0n) is 14.8. The molecule has 29 heavy (non-hydrogen) atoms. The number of carbonyl (C=O) groups is 1. The Morgan fingerprint density at radius 1 is 1.10 bits per heavy atom. The van der Waals surface area contributed by atoms with Gasteiger partial charge in [0.25, 0.3) is 0 Å². The molecule has 1 aromatic carbocycles. The van der Waals surface area contributed by atoms with Crippen molar-refractivity contribution >= 4 is 23.5 Å². The van der Waals surface area contributed by atoms with Crippen molar-refractivity contribution in [3.05, 3.63) is 71.9 Å². The lowest BCUT2D eigenvalue weighted by molar-refractivity contribution is -0.137. The van der Waals surface area contributed by atoms with E-state index in [9.17, 15) is 23.2 Å². The van der Waals surface area contributed by atoms with Gasteiger partial charge in [0.15, 0.2) is 0 Å². The average molecular weight is 414 g/mol. The summed E-state index contributed by atoms with van der Waals surface area (Å²) in [5, 5.41) is 12.1. The number of rotatable bonds is 5. The summed E-state index contributed by atoms with van der Waals surface area (Å²) in [5.41, 5.74) is 0.967. The minimum Gasteiger partial charge on any atom is -0.310 e. The third-order valence-electron chi connectivity index (χ3n) is 3.75. The van der Waals surface area contributed by atoms with Crippen LogP contribution in [0.2, 0.25) is 0 Å². The van der Waals surface area contributed by atoms with Crippen LogP contribution in [0.3, 0.4) is 0 Å². The molecule has 0 saturated carbocycles. The van der Waals surface area contributed by atoms with E-state index in [1.54, 1.807) is 12.1 Å². The van der Waals surface area contributed by atoms with E-state index in [1.807, 2.05) is 36.4 Å². The number of hydrogen-bond donors (Lipinski definition) is 1. The zero-order chi connectivity index (χ0) is 20.9. The maximum Gasteiger partial charge on any atom is 0.417 e. The number of carbonyl (C=O) groups excluding carboxylic acids is 1. The van der Waals surface area contributed by atoms with Gasteiger partial charge in [-0.3, -0.25) is 4.79 Å². The van der Waals surface area contributed by atoms with Gasteiger partial charge in [0.2, 0.25) is 5.91 Å². The zero-order valence-corrected chi connectivity index (χ0v) is 15.6. The fourth-order valence-electron chi connectivity index (χ4n) is 2.35. The van der Waals surface area contributed by atoms with Gasteiger partial charge in [0.05, 0.1) is 22.6 Å². The van der Waals surface area contributed by atoms with E-state index in [2.05, 4.69) is 15.3 Å². The Kier molecular flexibility index (Phi) is 6.14. The molecule has 3 aromatic rings. The smallest absolute Gasteiger partial charge is 0.310 e. The van der Waals surface area contributed by atoms with Crippen molar-refractivity contribution in [2.24, 2.45) is 0 Å². The number of nitriles is 1. The fraction of sp³-hybridized carbons (Fsp3) is 0.100. The van der Waals surface area contributed by atoms with E-state index in [0.29, 0.717) is 22.5 Å². The molecule has 0 bridgehead atoms. The molecule has 0 aliphatic rings. The standard InChI is InChI=1S/C20H13F3N4OS/c21-20(22,23)15-7-9-17(25-11-15)27-18(28)12-29-19-14(10-24)6-8-16(26-19)13-4-2-1-3-5-13/h1-9,11H,12H2,(H,25,27,28). The summed E-state index contributed by atoms with van der Waals surface area (Å²) in [6, 6.07) is 16.7. The molecule has 0 saturated heterocycles. The van der Waals surface area contributed by atoms with Crippen molar-refractivity contribution in [2.75, 3.05) is 11.1 Å². The summed E-state index contributed by atoms with van der Waals surface area (Å²) in [6.07, 6.45) is -3.84. The Hall–Kier alpha value is -3.38. The summed E-state index contributed by atoms with van der Waals surface area (Å²) in [4.78, 5) is 20.2. The van der Waals surface area contributed by atoms with Crippen molar-refractivity contribution in [1.29, 1.82) is 5.26 Å². The molecule has 0 radical (unpaired) electrons. The lowest BCUT2D eigenvalue weighted by atomic mass is 10.1. The van der Waals surface area contributed by atoms with E-state index in [-0.39, 0.29) is 11.6 Å². The fourth-order valence-corrected chi connectivity index (χ4v) is 3.13. The van der Waals surface area contributed by atoms with Crippen LogP contribution in [-0.4, -0.2) is 21.6 Å². The second-order valence-corrected chi connectivity index (χ2v) is 6.76. The number of aromatic nitrogens is 2. The molecule has 0 aliphatic heterocycles. The maximum absolute atomic E-state index is 12.6. The molecular formula is C20H13F3N4OS. The molecule has 2 heterocycles. The van der Waals surface area contributed by atoms with Crippen molar-refractivity contribution < 1.29 is 18.0 Å². The number of benzene rings is 1. The first-order valence-corrected chi connectivity index (χ1v) is 9.28. The highest BCUT2D eigenvalue weighted by atomic mass is 32.2. The topological polar surface area (TPSA) is 78.7 Å². The average Bonchev–Trinajstić information content (AvgIpc) is 2.72. The third kappa shape index (κ3) is 5.33. The molecule has 2 aromatic heterocycles. The van der Waals surface area contributed by atoms with Crippen molar-refractivity contribution in [3.63, 3.8) is 0 Å². The van der Waals surface area contributed by atoms with Crippen LogP contribution in [0.5, 0.6) is 0 Å². The molecule has 1 amide bonds. The molecule has 5 nitrogen and oxygen atoms in total. The number of alkyl halides is 3. The molecule has 3 rings (SSSR count). The van der Waals surface area contributed by atoms with Crippen LogP contribution >= 0.6 is 11.8 Å². The molecule has 0 fully saturated rings. The van der Waals surface area contributed by atoms with Gasteiger partial charge in [0, 0.05) is 11.8 Å². The van der Waals surface area contributed by atoms with Crippen LogP contribution in [0, 0.1) is 11.3 Å². The monoisotopic (exact) mass is 414 g/mol. The largest absolute Gasteiger partial charge is 0.417 e. The summed E-state index contributed by atoms with van der Waals surface area (Å²) < 4.78 is 37.7. The van der Waals surface area contributed by atoms with Crippen molar-refractivity contribution in [2.45, 2.75) is 11.2 Å². The number of nitrogens with zero attached hydrogens (tertiary/aromatic N) is 3. The van der Waals surface area contributed by atoms with Gasteiger partial charge in [0.1, 0.15) is 16.9 Å². The number of halogens is 3. The summed E-state index contributed by atoms with van der Waals surface area (Å²) in [5.74, 6) is -0.545. The minimum atomic E-state index is -4.49. The SMILES string of the molecule is N#Cc1ccc(-c2ccccc2)nc1SCC(=O)Nc1ccc(C(F)(F)F)cn1. The number of thioether (sulfide) groups is 1. The van der Waals surface area contributed by atoms with Gasteiger partial charge >= 0.3 is 6.18 Å². The number of pyridine rings is 2. The molecule has 0 unspecified atom stereocenters. The summed E-state index contributed by atoms with van der Waals surface area (Å²) in [6.45, 7) is 0. The first-order chi connectivity index (χ1) is 13.9. The Morgan fingerprint density at radius 3 is 2.48 bits per heavy atom. The number of hydrogen-bond acceptors (Lipinski definition) is 5. The normalized spacial score (nSPS) is 11.0. The lowest BCUT2D eigenvalue weighted by Gasteiger charge is -2.09. The number of amides is 1. The Morgan fingerprint density at radius 2 is 1.86 bits per heavy atom. The summed E-state index contributed by atoms with van der Waals surface area (Å²) in [7, 11) is 0. The number of nitrogens with one attached hydrogen (secondary N) is 1. The molecule has 0 atom stereocenters. The Labute approximate surface area is 168 Å². The van der Waals surface area contributed by atoms with Crippen LogP contribution in [0.25, 0.3) is 11.3 Å². The quantitative estimate of drug-likeness (QED) is 0.609. The second-order valence-electron chi connectivity index (χ2n) is 5.79. The van der Waals surface area contributed by atoms with E-state index < -0.39 is 17.6 Å². The first kappa shape index (κ1) is 20.4. The molecule has 0 spiro atoms. The molecule has 1 N–H and O–H groups in total. The number of anilines is 1. The maximum atomic E-state index is 12.6. The Balaban J connectivity index is 1.67. The van der Waals surface area contributed by atoms with Gasteiger partial charge in [-0.25, -0.2) is 9.97 Å². The van der Waals surface area contributed by atoms with E-state index in [1.165, 1.54) is 0 Å². The van der Waals surface area contributed by atoms with Crippen LogP contribution in [0.1, 0.15) is 11.1 Å². The predicted molar refractivity (Wildman–Crippen MR) is 103 cm³/mol. The van der Waals surface area contributed by atoms with Crippen molar-refractivity contribution in [3.8, 4) is 17.3 Å². The van der Waals surface area contributed by atoms with Gasteiger partial charge in [-0.2, -0.15) is 18.4 Å². The molecule has 0 aliphatic carbocycles. The van der Waals surface area contributed by atoms with Crippen LogP contribution < -0.4 is 5.32 Å². The van der Waals surface area contributed by atoms with Crippen LogP contribution in [-0.2, 0) is 11.0 Å². The van der Waals surface area contributed by atoms with Crippen molar-refractivity contribution in [1.82, 2.24) is 9.97 Å². The first-order valence-electron chi connectivity index (χ1n) is 8.29. The van der Waals surface area contributed by atoms with Crippen LogP contribution in [0.4, 0.5) is 19.0 Å². The van der Waals surface area contributed by atoms with Gasteiger partial charge in [-0.15, -0.1) is 0 Å². The highest BCUT2D eigenvalue weighted by Crippen LogP contribution is 2.29. The van der Waals surface area contributed by atoms with Crippen LogP contribution in [0.15, 0.2) is 65.8 Å². The highest BCUT2D eigenvalue weighted by Gasteiger charge is 2.30.